The van der Waals surface area contributed by atoms with E-state index < -0.39 is 0 Å². The summed E-state index contributed by atoms with van der Waals surface area (Å²) in [6, 6.07) is 7.63. The van der Waals surface area contributed by atoms with Gasteiger partial charge in [0.15, 0.2) is 0 Å². The fraction of sp³-hybridized carbons (Fsp3) is 0.391. The van der Waals surface area contributed by atoms with Crippen molar-refractivity contribution in [1.29, 1.82) is 0 Å². The molecule has 1 saturated carbocycles. The molecular formula is C23H23N3O4. The van der Waals surface area contributed by atoms with E-state index in [2.05, 4.69) is 17.3 Å². The fourth-order valence-corrected chi connectivity index (χ4v) is 5.07. The third-order valence-electron chi connectivity index (χ3n) is 6.25. The van der Waals surface area contributed by atoms with Gasteiger partial charge in [-0.25, -0.2) is 0 Å². The monoisotopic (exact) mass is 405 g/mol. The second kappa shape index (κ2) is 6.93. The number of aromatic nitrogens is 1. The summed E-state index contributed by atoms with van der Waals surface area (Å²) in [5, 5.41) is 6.21. The predicted octanol–water partition coefficient (Wildman–Crippen LogP) is 2.73. The summed E-state index contributed by atoms with van der Waals surface area (Å²) >= 11 is 0. The quantitative estimate of drug-likeness (QED) is 0.332. The maximum Gasteiger partial charge on any atom is 0.326 e. The third-order valence-corrected chi connectivity index (χ3v) is 6.25. The van der Waals surface area contributed by atoms with Crippen molar-refractivity contribution in [2.24, 2.45) is 28.8 Å². The summed E-state index contributed by atoms with van der Waals surface area (Å²) in [7, 11) is 0. The first-order valence-corrected chi connectivity index (χ1v) is 10.3. The average molecular weight is 405 g/mol. The molecular weight excluding hydrogens is 382 g/mol. The largest absolute Gasteiger partial charge is 0.462 e. The lowest BCUT2D eigenvalue weighted by molar-refractivity contribution is -0.148. The molecule has 0 unspecified atom stereocenters. The topological polar surface area (TPSA) is 81.0 Å². The van der Waals surface area contributed by atoms with Gasteiger partial charge in [-0.05, 0) is 38.2 Å². The van der Waals surface area contributed by atoms with Crippen LogP contribution in [0.2, 0.25) is 0 Å². The molecule has 2 aromatic rings. The number of para-hydroxylation sites is 1. The van der Waals surface area contributed by atoms with E-state index in [9.17, 15) is 14.4 Å². The van der Waals surface area contributed by atoms with E-state index in [0.717, 1.165) is 27.9 Å². The number of imide groups is 1. The van der Waals surface area contributed by atoms with E-state index in [1.807, 2.05) is 38.1 Å². The number of carbonyl (C=O) groups is 3. The van der Waals surface area contributed by atoms with Crippen molar-refractivity contribution in [2.45, 2.75) is 32.9 Å². The molecule has 1 aromatic carbocycles. The van der Waals surface area contributed by atoms with Crippen LogP contribution in [0.5, 0.6) is 0 Å². The molecule has 30 heavy (non-hydrogen) atoms. The number of nitrogens with zero attached hydrogens (tertiary/aromatic N) is 3. The molecule has 5 rings (SSSR count). The van der Waals surface area contributed by atoms with Gasteiger partial charge in [0.25, 0.3) is 11.8 Å². The van der Waals surface area contributed by atoms with Crippen molar-refractivity contribution in [2.75, 3.05) is 0 Å². The zero-order chi connectivity index (χ0) is 21.0. The molecule has 2 heterocycles. The zero-order valence-corrected chi connectivity index (χ0v) is 16.9. The van der Waals surface area contributed by atoms with Crippen molar-refractivity contribution < 1.29 is 19.1 Å². The van der Waals surface area contributed by atoms with Gasteiger partial charge in [0, 0.05) is 22.7 Å². The van der Waals surface area contributed by atoms with Crippen LogP contribution in [0, 0.1) is 23.7 Å². The molecule has 1 aliphatic heterocycles. The van der Waals surface area contributed by atoms with E-state index in [1.54, 1.807) is 17.0 Å². The number of ether oxygens (including phenoxy) is 1. The van der Waals surface area contributed by atoms with Gasteiger partial charge in [-0.2, -0.15) is 10.1 Å². The van der Waals surface area contributed by atoms with Gasteiger partial charge in [0.2, 0.25) is 0 Å². The van der Waals surface area contributed by atoms with Gasteiger partial charge in [0.05, 0.1) is 24.2 Å². The van der Waals surface area contributed by atoms with Crippen molar-refractivity contribution in [1.82, 2.24) is 9.58 Å². The molecule has 0 spiro atoms. The van der Waals surface area contributed by atoms with Crippen molar-refractivity contribution >= 4 is 34.9 Å². The number of hydrogen-bond acceptors (Lipinski definition) is 5. The van der Waals surface area contributed by atoms with E-state index in [4.69, 9.17) is 4.74 Å². The molecule has 7 heteroatoms. The Morgan fingerprint density at radius 1 is 1.17 bits per heavy atom. The van der Waals surface area contributed by atoms with Crippen LogP contribution < -0.4 is 0 Å². The minimum atomic E-state index is -0.324. The SMILES string of the molecule is CC(C)OC(=O)Cn1cc(C=NN2C(=O)[C@@H]3[C@H](C2=O)[C@H]2C=C[C@H]3C2)c2ccccc21. The summed E-state index contributed by atoms with van der Waals surface area (Å²) < 4.78 is 7.05. The average Bonchev–Trinajstić information content (AvgIpc) is 3.44. The molecule has 2 amide bonds. The van der Waals surface area contributed by atoms with Crippen LogP contribution in [-0.2, 0) is 25.7 Å². The van der Waals surface area contributed by atoms with Crippen molar-refractivity contribution in [3.63, 3.8) is 0 Å². The maximum absolute atomic E-state index is 12.8. The fourth-order valence-electron chi connectivity index (χ4n) is 5.07. The van der Waals surface area contributed by atoms with Crippen LogP contribution in [0.1, 0.15) is 25.8 Å². The Bertz CT molecular complexity index is 1080. The van der Waals surface area contributed by atoms with Crippen LogP contribution in [0.25, 0.3) is 10.9 Å². The summed E-state index contributed by atoms with van der Waals surface area (Å²) in [6.45, 7) is 3.70. The minimum Gasteiger partial charge on any atom is -0.462 e. The van der Waals surface area contributed by atoms with E-state index in [-0.39, 0.29) is 54.1 Å². The Labute approximate surface area is 174 Å². The number of carbonyl (C=O) groups excluding carboxylic acids is 3. The highest BCUT2D eigenvalue weighted by Crippen LogP contribution is 2.52. The van der Waals surface area contributed by atoms with Crippen LogP contribution >= 0.6 is 0 Å². The molecule has 3 aliphatic rings. The van der Waals surface area contributed by atoms with Gasteiger partial charge in [0.1, 0.15) is 6.54 Å². The Kier molecular flexibility index (Phi) is 4.34. The van der Waals surface area contributed by atoms with Gasteiger partial charge in [-0.15, -0.1) is 0 Å². The van der Waals surface area contributed by atoms with Gasteiger partial charge in [-0.3, -0.25) is 14.4 Å². The van der Waals surface area contributed by atoms with Crippen LogP contribution in [0.4, 0.5) is 0 Å². The molecule has 2 aliphatic carbocycles. The Hall–Kier alpha value is -3.22. The molecule has 4 atom stereocenters. The number of amides is 2. The standard InChI is InChI=1S/C23H23N3O4/c1-13(2)30-19(27)12-25-11-16(17-5-3-4-6-18(17)25)10-24-26-22(28)20-14-7-8-15(9-14)21(20)23(26)29/h3-8,10-11,13-15,20-21H,9,12H2,1-2H3/t14-,15-,20-,21+/m0/s1. The second-order valence-electron chi connectivity index (χ2n) is 8.50. The number of allylic oxidation sites excluding steroid dienone is 2. The lowest BCUT2D eigenvalue weighted by atomic mass is 9.85. The van der Waals surface area contributed by atoms with Crippen LogP contribution in [0.3, 0.4) is 0 Å². The molecule has 2 fully saturated rings. The third kappa shape index (κ3) is 2.88. The normalized spacial score (nSPS) is 27.2. The molecule has 2 bridgehead atoms. The molecule has 0 radical (unpaired) electrons. The van der Waals surface area contributed by atoms with E-state index in [0.29, 0.717) is 0 Å². The number of rotatable bonds is 5. The van der Waals surface area contributed by atoms with Gasteiger partial charge < -0.3 is 9.30 Å². The summed E-state index contributed by atoms with van der Waals surface area (Å²) in [5.74, 6) is -0.954. The first-order chi connectivity index (χ1) is 14.4. The summed E-state index contributed by atoms with van der Waals surface area (Å²) in [5.41, 5.74) is 1.60. The maximum atomic E-state index is 12.8. The number of benzene rings is 1. The van der Waals surface area contributed by atoms with Crippen molar-refractivity contribution in [3.8, 4) is 0 Å². The highest BCUT2D eigenvalue weighted by Gasteiger charge is 2.59. The van der Waals surface area contributed by atoms with E-state index >= 15 is 0 Å². The summed E-state index contributed by atoms with van der Waals surface area (Å²) in [4.78, 5) is 37.8. The molecule has 1 saturated heterocycles. The molecule has 154 valence electrons. The van der Waals surface area contributed by atoms with Crippen molar-refractivity contribution in [3.05, 3.63) is 48.2 Å². The van der Waals surface area contributed by atoms with Crippen LogP contribution in [-0.4, -0.2) is 39.7 Å². The lowest BCUT2D eigenvalue weighted by Gasteiger charge is -2.13. The van der Waals surface area contributed by atoms with Gasteiger partial charge >= 0.3 is 5.97 Å². The highest BCUT2D eigenvalue weighted by atomic mass is 16.5. The minimum absolute atomic E-state index is 0.0767. The molecule has 7 nitrogen and oxygen atoms in total. The number of hydrogen-bond donors (Lipinski definition) is 0. The smallest absolute Gasteiger partial charge is 0.326 e. The highest BCUT2D eigenvalue weighted by molar-refractivity contribution is 6.07. The number of hydrazone groups is 1. The number of esters is 1. The summed E-state index contributed by atoms with van der Waals surface area (Å²) in [6.07, 6.45) is 8.18. The zero-order valence-electron chi connectivity index (χ0n) is 16.9. The second-order valence-corrected chi connectivity index (χ2v) is 8.50. The lowest BCUT2D eigenvalue weighted by Crippen LogP contribution is -2.28. The Morgan fingerprint density at radius 3 is 2.50 bits per heavy atom. The molecule has 0 N–H and O–H groups in total. The first kappa shape index (κ1) is 18.8. The predicted molar refractivity (Wildman–Crippen MR) is 110 cm³/mol. The Balaban J connectivity index is 1.42. The van der Waals surface area contributed by atoms with Gasteiger partial charge in [-0.1, -0.05) is 30.4 Å². The first-order valence-electron chi connectivity index (χ1n) is 10.3. The number of fused-ring (bicyclic) bond motifs is 6. The Morgan fingerprint density at radius 2 is 1.83 bits per heavy atom. The van der Waals surface area contributed by atoms with Crippen LogP contribution in [0.15, 0.2) is 47.7 Å². The molecule has 1 aromatic heterocycles. The van der Waals surface area contributed by atoms with E-state index in [1.165, 1.54) is 0 Å².